The van der Waals surface area contributed by atoms with E-state index in [1.807, 2.05) is 0 Å². The molecule has 0 saturated heterocycles. The van der Waals surface area contributed by atoms with Gasteiger partial charge in [-0.2, -0.15) is 19.1 Å². The summed E-state index contributed by atoms with van der Waals surface area (Å²) in [4.78, 5) is 12.2. The number of halogens is 2. The summed E-state index contributed by atoms with van der Waals surface area (Å²) in [7, 11) is 0. The van der Waals surface area contributed by atoms with Crippen molar-refractivity contribution >= 4 is 16.9 Å². The molecule has 0 amide bonds. The Hall–Kier alpha value is -3.47. The average molecular weight is 371 g/mol. The molecule has 1 aromatic heterocycles. The van der Waals surface area contributed by atoms with Crippen LogP contribution in [0.15, 0.2) is 42.5 Å². The van der Waals surface area contributed by atoms with Crippen LogP contribution < -0.4 is 4.74 Å². The molecule has 0 bridgehead atoms. The molecule has 3 rings (SSSR count). The zero-order valence-corrected chi connectivity index (χ0v) is 14.4. The number of fused-ring (bicyclic) bond motifs is 1. The first-order valence-corrected chi connectivity index (χ1v) is 8.13. The lowest BCUT2D eigenvalue weighted by atomic mass is 10.1. The van der Waals surface area contributed by atoms with Crippen molar-refractivity contribution in [3.05, 3.63) is 59.3 Å². The minimum absolute atomic E-state index is 0.0538. The first kappa shape index (κ1) is 18.3. The van der Waals surface area contributed by atoms with Crippen LogP contribution in [0.3, 0.4) is 0 Å². The monoisotopic (exact) mass is 371 g/mol. The summed E-state index contributed by atoms with van der Waals surface area (Å²) in [6.07, 6.45) is 0. The van der Waals surface area contributed by atoms with Gasteiger partial charge in [0.2, 0.25) is 0 Å². The van der Waals surface area contributed by atoms with E-state index < -0.39 is 12.6 Å². The summed E-state index contributed by atoms with van der Waals surface area (Å²) in [6.45, 7) is -0.689. The summed E-state index contributed by atoms with van der Waals surface area (Å²) >= 11 is 0. The second kappa shape index (κ2) is 7.83. The second-order valence-corrected chi connectivity index (χ2v) is 5.59. The van der Waals surface area contributed by atoms with Crippen molar-refractivity contribution in [3.8, 4) is 11.8 Å². The highest BCUT2D eigenvalue weighted by atomic mass is 19.3. The van der Waals surface area contributed by atoms with Gasteiger partial charge in [0.05, 0.1) is 30.3 Å². The maximum atomic E-state index is 12.2. The quantitative estimate of drug-likeness (QED) is 0.617. The molecule has 2 aromatic carbocycles. The normalized spacial score (nSPS) is 10.8. The van der Waals surface area contributed by atoms with Crippen LogP contribution in [0, 0.1) is 11.3 Å². The number of aromatic nitrogens is 2. The summed E-state index contributed by atoms with van der Waals surface area (Å²) in [5.74, 6) is -0.496. The first-order valence-electron chi connectivity index (χ1n) is 8.13. The zero-order chi connectivity index (χ0) is 19.4. The predicted octanol–water partition coefficient (Wildman–Crippen LogP) is 3.73. The van der Waals surface area contributed by atoms with Crippen molar-refractivity contribution in [1.82, 2.24) is 9.78 Å². The van der Waals surface area contributed by atoms with E-state index in [0.717, 1.165) is 5.56 Å². The smallest absolute Gasteiger partial charge is 0.387 e. The Morgan fingerprint density at radius 3 is 2.63 bits per heavy atom. The molecule has 0 radical (unpaired) electrons. The lowest BCUT2D eigenvalue weighted by molar-refractivity contribution is -0.0498. The summed E-state index contributed by atoms with van der Waals surface area (Å²) < 4.78 is 35.4. The molecule has 0 unspecified atom stereocenters. The molecule has 0 spiro atoms. The highest BCUT2D eigenvalue weighted by Crippen LogP contribution is 2.23. The van der Waals surface area contributed by atoms with E-state index in [9.17, 15) is 13.6 Å². The SMILES string of the molecule is CCOC(=O)c1nn(Cc2ccc(OC(F)F)cc2)c2cc(C#N)ccc12. The van der Waals surface area contributed by atoms with Crippen LogP contribution in [0.1, 0.15) is 28.5 Å². The van der Waals surface area contributed by atoms with Gasteiger partial charge in [-0.1, -0.05) is 12.1 Å². The zero-order valence-electron chi connectivity index (χ0n) is 14.4. The number of hydrogen-bond acceptors (Lipinski definition) is 5. The van der Waals surface area contributed by atoms with Gasteiger partial charge < -0.3 is 9.47 Å². The van der Waals surface area contributed by atoms with Crippen molar-refractivity contribution in [2.24, 2.45) is 0 Å². The molecule has 0 saturated carbocycles. The molecule has 0 aliphatic heterocycles. The third kappa shape index (κ3) is 4.03. The third-order valence-electron chi connectivity index (χ3n) is 3.83. The lowest BCUT2D eigenvalue weighted by Gasteiger charge is -2.07. The Bertz CT molecular complexity index is 1010. The van der Waals surface area contributed by atoms with E-state index in [-0.39, 0.29) is 24.6 Å². The van der Waals surface area contributed by atoms with Gasteiger partial charge in [-0.25, -0.2) is 4.79 Å². The minimum Gasteiger partial charge on any atom is -0.461 e. The predicted molar refractivity (Wildman–Crippen MR) is 92.6 cm³/mol. The molecule has 8 heteroatoms. The fraction of sp³-hybridized carbons (Fsp3) is 0.211. The van der Waals surface area contributed by atoms with Crippen molar-refractivity contribution in [2.75, 3.05) is 6.61 Å². The van der Waals surface area contributed by atoms with Crippen LogP contribution in [0.2, 0.25) is 0 Å². The largest absolute Gasteiger partial charge is 0.461 e. The molecular weight excluding hydrogens is 356 g/mol. The maximum Gasteiger partial charge on any atom is 0.387 e. The fourth-order valence-corrected chi connectivity index (χ4v) is 2.66. The fourth-order valence-electron chi connectivity index (χ4n) is 2.66. The van der Waals surface area contributed by atoms with Gasteiger partial charge >= 0.3 is 12.6 Å². The maximum absolute atomic E-state index is 12.2. The van der Waals surface area contributed by atoms with Crippen molar-refractivity contribution < 1.29 is 23.0 Å². The molecule has 138 valence electrons. The number of hydrogen-bond donors (Lipinski definition) is 0. The Labute approximate surface area is 153 Å². The molecule has 27 heavy (non-hydrogen) atoms. The van der Waals surface area contributed by atoms with E-state index in [0.29, 0.717) is 16.5 Å². The number of nitrogens with zero attached hydrogens (tertiary/aromatic N) is 3. The van der Waals surface area contributed by atoms with Crippen molar-refractivity contribution in [2.45, 2.75) is 20.1 Å². The summed E-state index contributed by atoms with van der Waals surface area (Å²) in [5, 5.41) is 14.0. The van der Waals surface area contributed by atoms with Crippen LogP contribution >= 0.6 is 0 Å². The first-order chi connectivity index (χ1) is 13.0. The lowest BCUT2D eigenvalue weighted by Crippen LogP contribution is -2.08. The molecule has 0 aliphatic rings. The average Bonchev–Trinajstić information content (AvgIpc) is 3.01. The molecule has 0 aliphatic carbocycles. The topological polar surface area (TPSA) is 77.1 Å². The molecule has 6 nitrogen and oxygen atoms in total. The molecule has 0 N–H and O–H groups in total. The second-order valence-electron chi connectivity index (χ2n) is 5.59. The summed E-state index contributed by atoms with van der Waals surface area (Å²) in [6, 6.07) is 13.1. The minimum atomic E-state index is -2.89. The van der Waals surface area contributed by atoms with E-state index in [2.05, 4.69) is 15.9 Å². The molecule has 0 fully saturated rings. The Morgan fingerprint density at radius 1 is 1.26 bits per heavy atom. The summed E-state index contributed by atoms with van der Waals surface area (Å²) in [5.41, 5.74) is 1.96. The van der Waals surface area contributed by atoms with Crippen LogP contribution in [0.4, 0.5) is 8.78 Å². The number of esters is 1. The number of nitriles is 1. The highest BCUT2D eigenvalue weighted by Gasteiger charge is 2.19. The Morgan fingerprint density at radius 2 is 2.00 bits per heavy atom. The van der Waals surface area contributed by atoms with Crippen LogP contribution in [0.5, 0.6) is 5.75 Å². The standard InChI is InChI=1S/C19H15F2N3O3/c1-2-26-18(25)17-15-8-5-13(10-22)9-16(15)24(23-17)11-12-3-6-14(7-4-12)27-19(20)21/h3-9,19H,2,11H2,1H3. The Kier molecular flexibility index (Phi) is 5.31. The molecule has 1 heterocycles. The van der Waals surface area contributed by atoms with Gasteiger partial charge in [-0.3, -0.25) is 4.68 Å². The van der Waals surface area contributed by atoms with Gasteiger partial charge in [0, 0.05) is 5.39 Å². The number of benzene rings is 2. The van der Waals surface area contributed by atoms with Gasteiger partial charge in [-0.05, 0) is 42.8 Å². The van der Waals surface area contributed by atoms with E-state index in [4.69, 9.17) is 10.00 Å². The number of rotatable bonds is 6. The van der Waals surface area contributed by atoms with Crippen molar-refractivity contribution in [3.63, 3.8) is 0 Å². The van der Waals surface area contributed by atoms with Crippen LogP contribution in [0.25, 0.3) is 10.9 Å². The number of alkyl halides is 2. The third-order valence-corrected chi connectivity index (χ3v) is 3.83. The highest BCUT2D eigenvalue weighted by molar-refractivity contribution is 6.02. The number of carbonyl (C=O) groups is 1. The van der Waals surface area contributed by atoms with Gasteiger partial charge in [0.1, 0.15) is 5.75 Å². The number of ether oxygens (including phenoxy) is 2. The Balaban J connectivity index is 1.97. The van der Waals surface area contributed by atoms with Crippen LogP contribution in [-0.2, 0) is 11.3 Å². The molecular formula is C19H15F2N3O3. The van der Waals surface area contributed by atoms with E-state index in [1.54, 1.807) is 41.9 Å². The van der Waals surface area contributed by atoms with Crippen LogP contribution in [-0.4, -0.2) is 29.0 Å². The van der Waals surface area contributed by atoms with E-state index in [1.165, 1.54) is 12.1 Å². The van der Waals surface area contributed by atoms with Gasteiger partial charge in [0.25, 0.3) is 0 Å². The molecule has 3 aromatic rings. The van der Waals surface area contributed by atoms with Gasteiger partial charge in [-0.15, -0.1) is 0 Å². The number of carbonyl (C=O) groups excluding carboxylic acids is 1. The molecule has 0 atom stereocenters. The van der Waals surface area contributed by atoms with Gasteiger partial charge in [0.15, 0.2) is 5.69 Å². The van der Waals surface area contributed by atoms with Crippen molar-refractivity contribution in [1.29, 1.82) is 5.26 Å². The van der Waals surface area contributed by atoms with E-state index >= 15 is 0 Å².